The predicted molar refractivity (Wildman–Crippen MR) is 77.7 cm³/mol. The highest BCUT2D eigenvalue weighted by Gasteiger charge is 2.35. The van der Waals surface area contributed by atoms with Crippen LogP contribution >= 0.6 is 0 Å². The van der Waals surface area contributed by atoms with E-state index in [1.165, 1.54) is 0 Å². The average molecular weight is 295 g/mol. The maximum atomic E-state index is 12.1. The third-order valence-electron chi connectivity index (χ3n) is 4.60. The number of hydrogen-bond donors (Lipinski definition) is 1. The molecule has 2 amide bonds. The summed E-state index contributed by atoms with van der Waals surface area (Å²) >= 11 is 0. The van der Waals surface area contributed by atoms with Gasteiger partial charge in [-0.25, -0.2) is 0 Å². The molecule has 0 aromatic rings. The van der Waals surface area contributed by atoms with E-state index in [0.717, 1.165) is 38.8 Å². The SMILES string of the molecule is O=C(COC1CCNCC1)N1CCN(C(=O)C2CC2)CC1. The molecule has 1 aliphatic carbocycles. The lowest BCUT2D eigenvalue weighted by Crippen LogP contribution is -2.52. The molecule has 3 aliphatic rings. The van der Waals surface area contributed by atoms with E-state index in [2.05, 4.69) is 5.32 Å². The molecule has 0 bridgehead atoms. The smallest absolute Gasteiger partial charge is 0.248 e. The van der Waals surface area contributed by atoms with Gasteiger partial charge in [0.25, 0.3) is 0 Å². The van der Waals surface area contributed by atoms with E-state index < -0.39 is 0 Å². The summed E-state index contributed by atoms with van der Waals surface area (Å²) in [7, 11) is 0. The van der Waals surface area contributed by atoms with Crippen LogP contribution in [0.1, 0.15) is 25.7 Å². The molecule has 1 saturated carbocycles. The highest BCUT2D eigenvalue weighted by Crippen LogP contribution is 2.31. The van der Waals surface area contributed by atoms with Crippen LogP contribution in [0, 0.1) is 5.92 Å². The van der Waals surface area contributed by atoms with Crippen molar-refractivity contribution in [2.75, 3.05) is 45.9 Å². The number of nitrogens with one attached hydrogen (secondary N) is 1. The number of amides is 2. The topological polar surface area (TPSA) is 61.9 Å². The molecular formula is C15H25N3O3. The molecule has 2 saturated heterocycles. The van der Waals surface area contributed by atoms with Crippen LogP contribution in [-0.2, 0) is 14.3 Å². The van der Waals surface area contributed by atoms with Gasteiger partial charge in [0.05, 0.1) is 6.10 Å². The largest absolute Gasteiger partial charge is 0.368 e. The van der Waals surface area contributed by atoms with Crippen LogP contribution in [0.15, 0.2) is 0 Å². The Hall–Kier alpha value is -1.14. The van der Waals surface area contributed by atoms with Crippen molar-refractivity contribution in [3.05, 3.63) is 0 Å². The molecular weight excluding hydrogens is 270 g/mol. The number of hydrogen-bond acceptors (Lipinski definition) is 4. The average Bonchev–Trinajstić information content (AvgIpc) is 3.38. The van der Waals surface area contributed by atoms with Gasteiger partial charge in [0.2, 0.25) is 11.8 Å². The van der Waals surface area contributed by atoms with Crippen molar-refractivity contribution in [2.24, 2.45) is 5.92 Å². The van der Waals surface area contributed by atoms with E-state index >= 15 is 0 Å². The number of piperazine rings is 1. The van der Waals surface area contributed by atoms with Crippen LogP contribution in [0.25, 0.3) is 0 Å². The van der Waals surface area contributed by atoms with Crippen LogP contribution in [0.4, 0.5) is 0 Å². The summed E-state index contributed by atoms with van der Waals surface area (Å²) < 4.78 is 5.71. The first-order chi connectivity index (χ1) is 10.2. The number of ether oxygens (including phenoxy) is 1. The van der Waals surface area contributed by atoms with Gasteiger partial charge in [-0.2, -0.15) is 0 Å². The van der Waals surface area contributed by atoms with Gasteiger partial charge in [-0.05, 0) is 38.8 Å². The van der Waals surface area contributed by atoms with Gasteiger partial charge >= 0.3 is 0 Å². The molecule has 118 valence electrons. The molecule has 1 N–H and O–H groups in total. The molecule has 0 radical (unpaired) electrons. The lowest BCUT2D eigenvalue weighted by molar-refractivity contribution is -0.144. The number of carbonyl (C=O) groups is 2. The van der Waals surface area contributed by atoms with Gasteiger partial charge < -0.3 is 19.9 Å². The van der Waals surface area contributed by atoms with Crippen molar-refractivity contribution >= 4 is 11.8 Å². The number of nitrogens with zero attached hydrogens (tertiary/aromatic N) is 2. The van der Waals surface area contributed by atoms with Crippen molar-refractivity contribution in [3.8, 4) is 0 Å². The summed E-state index contributed by atoms with van der Waals surface area (Å²) in [6.45, 7) is 4.77. The fraction of sp³-hybridized carbons (Fsp3) is 0.867. The molecule has 21 heavy (non-hydrogen) atoms. The first-order valence-corrected chi connectivity index (χ1v) is 8.13. The lowest BCUT2D eigenvalue weighted by Gasteiger charge is -2.35. The molecule has 2 aliphatic heterocycles. The number of rotatable bonds is 4. The van der Waals surface area contributed by atoms with Crippen molar-refractivity contribution in [3.63, 3.8) is 0 Å². The molecule has 0 atom stereocenters. The Kier molecular flexibility index (Phi) is 4.75. The Morgan fingerprint density at radius 1 is 0.952 bits per heavy atom. The summed E-state index contributed by atoms with van der Waals surface area (Å²) in [5, 5.41) is 3.28. The first kappa shape index (κ1) is 14.8. The van der Waals surface area contributed by atoms with E-state index in [1.807, 2.05) is 9.80 Å². The minimum atomic E-state index is 0.0621. The molecule has 6 heteroatoms. The quantitative estimate of drug-likeness (QED) is 0.782. The van der Waals surface area contributed by atoms with Gasteiger partial charge in [-0.15, -0.1) is 0 Å². The van der Waals surface area contributed by atoms with Crippen LogP contribution in [0.3, 0.4) is 0 Å². The van der Waals surface area contributed by atoms with Gasteiger partial charge in [-0.1, -0.05) is 0 Å². The van der Waals surface area contributed by atoms with Crippen LogP contribution < -0.4 is 5.32 Å². The molecule has 2 heterocycles. The van der Waals surface area contributed by atoms with Crippen LogP contribution in [0.5, 0.6) is 0 Å². The highest BCUT2D eigenvalue weighted by atomic mass is 16.5. The molecule has 3 fully saturated rings. The number of piperidine rings is 1. The van der Waals surface area contributed by atoms with E-state index in [0.29, 0.717) is 26.2 Å². The Bertz CT molecular complexity index is 384. The van der Waals surface area contributed by atoms with Gasteiger partial charge in [0.15, 0.2) is 0 Å². The fourth-order valence-corrected chi connectivity index (χ4v) is 3.01. The number of carbonyl (C=O) groups excluding carboxylic acids is 2. The lowest BCUT2D eigenvalue weighted by atomic mass is 10.1. The fourth-order valence-electron chi connectivity index (χ4n) is 3.01. The minimum Gasteiger partial charge on any atom is -0.368 e. The Morgan fingerprint density at radius 2 is 1.57 bits per heavy atom. The van der Waals surface area contributed by atoms with Crippen molar-refractivity contribution in [1.82, 2.24) is 15.1 Å². The van der Waals surface area contributed by atoms with Crippen LogP contribution in [0.2, 0.25) is 0 Å². The van der Waals surface area contributed by atoms with Gasteiger partial charge in [0.1, 0.15) is 6.61 Å². The standard InChI is InChI=1S/C15H25N3O3/c19-14(11-21-13-3-5-16-6-4-13)17-7-9-18(10-8-17)15(20)12-1-2-12/h12-13,16H,1-11H2. The molecule has 3 rings (SSSR count). The summed E-state index contributed by atoms with van der Waals surface area (Å²) in [4.78, 5) is 27.8. The second-order valence-corrected chi connectivity index (χ2v) is 6.24. The Balaban J connectivity index is 1.37. The summed E-state index contributed by atoms with van der Waals surface area (Å²) in [6, 6.07) is 0. The summed E-state index contributed by atoms with van der Waals surface area (Å²) in [5.41, 5.74) is 0. The Labute approximate surface area is 125 Å². The minimum absolute atomic E-state index is 0.0621. The second-order valence-electron chi connectivity index (χ2n) is 6.24. The maximum absolute atomic E-state index is 12.1. The van der Waals surface area contributed by atoms with Crippen molar-refractivity contribution in [1.29, 1.82) is 0 Å². The normalized spacial score (nSPS) is 24.2. The molecule has 6 nitrogen and oxygen atoms in total. The zero-order valence-electron chi connectivity index (χ0n) is 12.6. The maximum Gasteiger partial charge on any atom is 0.248 e. The monoisotopic (exact) mass is 295 g/mol. The van der Waals surface area contributed by atoms with E-state index in [4.69, 9.17) is 4.74 Å². The van der Waals surface area contributed by atoms with Crippen LogP contribution in [-0.4, -0.2) is 73.6 Å². The van der Waals surface area contributed by atoms with Gasteiger partial charge in [0, 0.05) is 32.1 Å². The highest BCUT2D eigenvalue weighted by molar-refractivity contribution is 5.82. The molecule has 0 aromatic carbocycles. The summed E-state index contributed by atoms with van der Waals surface area (Å²) in [6.07, 6.45) is 4.27. The molecule has 0 aromatic heterocycles. The van der Waals surface area contributed by atoms with E-state index in [1.54, 1.807) is 0 Å². The molecule has 0 unspecified atom stereocenters. The Morgan fingerprint density at radius 3 is 2.19 bits per heavy atom. The van der Waals surface area contributed by atoms with Gasteiger partial charge in [-0.3, -0.25) is 9.59 Å². The second kappa shape index (κ2) is 6.75. The van der Waals surface area contributed by atoms with Crippen molar-refractivity contribution in [2.45, 2.75) is 31.8 Å². The third kappa shape index (κ3) is 3.95. The zero-order chi connectivity index (χ0) is 14.7. The first-order valence-electron chi connectivity index (χ1n) is 8.13. The summed E-state index contributed by atoms with van der Waals surface area (Å²) in [5.74, 6) is 0.621. The van der Waals surface area contributed by atoms with Crippen molar-refractivity contribution < 1.29 is 14.3 Å². The molecule has 0 spiro atoms. The van der Waals surface area contributed by atoms with E-state index in [-0.39, 0.29) is 30.4 Å². The zero-order valence-corrected chi connectivity index (χ0v) is 12.6. The van der Waals surface area contributed by atoms with E-state index in [9.17, 15) is 9.59 Å². The third-order valence-corrected chi connectivity index (χ3v) is 4.60. The predicted octanol–water partition coefficient (Wildman–Crippen LogP) is -0.164.